The zero-order chi connectivity index (χ0) is 13.8. The third kappa shape index (κ3) is 3.19. The molecule has 0 saturated carbocycles. The number of nitrogens with zero attached hydrogens (tertiary/aromatic N) is 2. The summed E-state index contributed by atoms with van der Waals surface area (Å²) in [7, 11) is 1.76. The number of rotatable bonds is 3. The number of amides is 2. The summed E-state index contributed by atoms with van der Waals surface area (Å²) in [6, 6.07) is 8.50. The Labute approximate surface area is 110 Å². The number of anilines is 2. The molecule has 0 aliphatic rings. The van der Waals surface area contributed by atoms with Gasteiger partial charge in [0.1, 0.15) is 0 Å². The van der Waals surface area contributed by atoms with Crippen LogP contribution in [0.4, 0.5) is 11.5 Å². The fourth-order valence-corrected chi connectivity index (χ4v) is 1.65. The quantitative estimate of drug-likeness (QED) is 0.878. The van der Waals surface area contributed by atoms with Crippen LogP contribution >= 0.6 is 0 Å². The van der Waals surface area contributed by atoms with E-state index in [1.54, 1.807) is 48.3 Å². The second-order valence-electron chi connectivity index (χ2n) is 4.06. The lowest BCUT2D eigenvalue weighted by Gasteiger charge is -2.08. The maximum Gasteiger partial charge on any atom is 0.258 e. The topological polar surface area (TPSA) is 76.0 Å². The molecule has 1 heterocycles. The highest BCUT2D eigenvalue weighted by Gasteiger charge is 2.12. The first kappa shape index (κ1) is 12.8. The smallest absolute Gasteiger partial charge is 0.258 e. The van der Waals surface area contributed by atoms with Crippen LogP contribution in [0.25, 0.3) is 0 Å². The molecule has 0 aliphatic heterocycles. The second-order valence-corrected chi connectivity index (χ2v) is 4.06. The van der Waals surface area contributed by atoms with Crippen molar-refractivity contribution in [3.05, 3.63) is 42.1 Å². The minimum Gasteiger partial charge on any atom is -0.326 e. The molecule has 2 rings (SSSR count). The first-order valence-corrected chi connectivity index (χ1v) is 5.74. The normalized spacial score (nSPS) is 10.0. The Morgan fingerprint density at radius 2 is 1.89 bits per heavy atom. The maximum absolute atomic E-state index is 12.1. The molecule has 19 heavy (non-hydrogen) atoms. The number of hydrogen-bond donors (Lipinski definition) is 2. The van der Waals surface area contributed by atoms with Gasteiger partial charge in [-0.3, -0.25) is 14.3 Å². The van der Waals surface area contributed by atoms with Gasteiger partial charge in [-0.1, -0.05) is 12.1 Å². The fraction of sp³-hybridized carbons (Fsp3) is 0.154. The van der Waals surface area contributed by atoms with Crippen molar-refractivity contribution >= 4 is 23.3 Å². The Balaban J connectivity index is 2.21. The zero-order valence-corrected chi connectivity index (χ0v) is 10.7. The van der Waals surface area contributed by atoms with E-state index in [1.807, 2.05) is 0 Å². The number of para-hydroxylation sites is 1. The van der Waals surface area contributed by atoms with E-state index >= 15 is 0 Å². The summed E-state index contributed by atoms with van der Waals surface area (Å²) in [5, 5.41) is 9.35. The molecule has 0 bridgehead atoms. The number of aryl methyl sites for hydroxylation is 1. The van der Waals surface area contributed by atoms with Gasteiger partial charge in [0, 0.05) is 26.2 Å². The number of carbonyl (C=O) groups excluding carboxylic acids is 2. The van der Waals surface area contributed by atoms with Gasteiger partial charge in [-0.25, -0.2) is 0 Å². The SMILES string of the molecule is CC(=O)Nc1ccccc1C(=O)Nc1ccn(C)n1. The minimum absolute atomic E-state index is 0.224. The molecule has 0 unspecified atom stereocenters. The minimum atomic E-state index is -0.317. The van der Waals surface area contributed by atoms with E-state index in [9.17, 15) is 9.59 Å². The van der Waals surface area contributed by atoms with E-state index in [-0.39, 0.29) is 11.8 Å². The molecule has 0 spiro atoms. The van der Waals surface area contributed by atoms with Gasteiger partial charge in [0.15, 0.2) is 5.82 Å². The number of carbonyl (C=O) groups is 2. The monoisotopic (exact) mass is 258 g/mol. The third-order valence-electron chi connectivity index (χ3n) is 2.44. The largest absolute Gasteiger partial charge is 0.326 e. The summed E-state index contributed by atoms with van der Waals surface area (Å²) in [6.07, 6.45) is 1.73. The van der Waals surface area contributed by atoms with E-state index in [1.165, 1.54) is 6.92 Å². The van der Waals surface area contributed by atoms with E-state index in [2.05, 4.69) is 15.7 Å². The van der Waals surface area contributed by atoms with Gasteiger partial charge in [0.2, 0.25) is 5.91 Å². The van der Waals surface area contributed by atoms with Crippen molar-refractivity contribution in [2.24, 2.45) is 7.05 Å². The van der Waals surface area contributed by atoms with Gasteiger partial charge in [-0.05, 0) is 12.1 Å². The maximum atomic E-state index is 12.1. The van der Waals surface area contributed by atoms with Crippen molar-refractivity contribution in [1.29, 1.82) is 0 Å². The van der Waals surface area contributed by atoms with E-state index < -0.39 is 0 Å². The van der Waals surface area contributed by atoms with E-state index in [0.717, 1.165) is 0 Å². The molecule has 2 amide bonds. The molecule has 1 aromatic heterocycles. The molecule has 6 nitrogen and oxygen atoms in total. The molecule has 6 heteroatoms. The number of aromatic nitrogens is 2. The van der Waals surface area contributed by atoms with Crippen molar-refractivity contribution in [3.63, 3.8) is 0 Å². The van der Waals surface area contributed by atoms with Crippen molar-refractivity contribution in [1.82, 2.24) is 9.78 Å². The fourth-order valence-electron chi connectivity index (χ4n) is 1.65. The van der Waals surface area contributed by atoms with Gasteiger partial charge in [-0.15, -0.1) is 0 Å². The predicted molar refractivity (Wildman–Crippen MR) is 71.9 cm³/mol. The molecule has 2 N–H and O–H groups in total. The molecule has 0 fully saturated rings. The average molecular weight is 258 g/mol. The van der Waals surface area contributed by atoms with Crippen molar-refractivity contribution < 1.29 is 9.59 Å². The van der Waals surface area contributed by atoms with Gasteiger partial charge in [0.05, 0.1) is 11.3 Å². The zero-order valence-electron chi connectivity index (χ0n) is 10.7. The molecule has 0 aliphatic carbocycles. The summed E-state index contributed by atoms with van der Waals surface area (Å²) >= 11 is 0. The standard InChI is InChI=1S/C13H14N4O2/c1-9(18)14-11-6-4-3-5-10(11)13(19)15-12-7-8-17(2)16-12/h3-8H,1-2H3,(H,14,18)(H,15,16,19). The Kier molecular flexibility index (Phi) is 3.61. The van der Waals surface area contributed by atoms with Crippen LogP contribution in [0.2, 0.25) is 0 Å². The molecule has 2 aromatic rings. The lowest BCUT2D eigenvalue weighted by atomic mass is 10.1. The van der Waals surface area contributed by atoms with Crippen LogP contribution in [0.1, 0.15) is 17.3 Å². The van der Waals surface area contributed by atoms with E-state index in [0.29, 0.717) is 17.1 Å². The van der Waals surface area contributed by atoms with Crippen LogP contribution in [-0.4, -0.2) is 21.6 Å². The molecule has 98 valence electrons. The van der Waals surface area contributed by atoms with Gasteiger partial charge >= 0.3 is 0 Å². The first-order valence-electron chi connectivity index (χ1n) is 5.74. The molecule has 0 saturated heterocycles. The Bertz CT molecular complexity index is 619. The van der Waals surface area contributed by atoms with Crippen molar-refractivity contribution in [2.75, 3.05) is 10.6 Å². The Hall–Kier alpha value is -2.63. The van der Waals surface area contributed by atoms with Crippen LogP contribution in [-0.2, 0) is 11.8 Å². The molecular weight excluding hydrogens is 244 g/mol. The van der Waals surface area contributed by atoms with Crippen molar-refractivity contribution in [2.45, 2.75) is 6.92 Å². The summed E-state index contributed by atoms with van der Waals surface area (Å²) in [5.41, 5.74) is 0.867. The number of hydrogen-bond acceptors (Lipinski definition) is 3. The predicted octanol–water partition coefficient (Wildman–Crippen LogP) is 1.63. The molecule has 0 atom stereocenters. The highest BCUT2D eigenvalue weighted by atomic mass is 16.2. The summed E-state index contributed by atoms with van der Waals surface area (Å²) in [6.45, 7) is 1.40. The van der Waals surface area contributed by atoms with E-state index in [4.69, 9.17) is 0 Å². The van der Waals surface area contributed by atoms with Crippen LogP contribution in [0.3, 0.4) is 0 Å². The second kappa shape index (κ2) is 5.34. The molecular formula is C13H14N4O2. The third-order valence-corrected chi connectivity index (χ3v) is 2.44. The highest BCUT2D eigenvalue weighted by molar-refractivity contribution is 6.09. The van der Waals surface area contributed by atoms with Gasteiger partial charge < -0.3 is 10.6 Å². The lowest BCUT2D eigenvalue weighted by molar-refractivity contribution is -0.114. The first-order chi connectivity index (χ1) is 9.06. The van der Waals surface area contributed by atoms with Crippen LogP contribution in [0, 0.1) is 0 Å². The van der Waals surface area contributed by atoms with Crippen LogP contribution in [0.5, 0.6) is 0 Å². The van der Waals surface area contributed by atoms with Crippen LogP contribution < -0.4 is 10.6 Å². The van der Waals surface area contributed by atoms with Crippen molar-refractivity contribution in [3.8, 4) is 0 Å². The van der Waals surface area contributed by atoms with Crippen LogP contribution in [0.15, 0.2) is 36.5 Å². The molecule has 0 radical (unpaired) electrons. The Morgan fingerprint density at radius 3 is 2.53 bits per heavy atom. The average Bonchev–Trinajstić information content (AvgIpc) is 2.74. The number of benzene rings is 1. The van der Waals surface area contributed by atoms with Gasteiger partial charge in [0.25, 0.3) is 5.91 Å². The highest BCUT2D eigenvalue weighted by Crippen LogP contribution is 2.16. The lowest BCUT2D eigenvalue weighted by Crippen LogP contribution is -2.16. The van der Waals surface area contributed by atoms with Gasteiger partial charge in [-0.2, -0.15) is 5.10 Å². The Morgan fingerprint density at radius 1 is 1.16 bits per heavy atom. The summed E-state index contributed by atoms with van der Waals surface area (Å²) in [4.78, 5) is 23.2. The summed E-state index contributed by atoms with van der Waals surface area (Å²) < 4.78 is 1.59. The molecule has 1 aromatic carbocycles. The number of nitrogens with one attached hydrogen (secondary N) is 2. The summed E-state index contributed by atoms with van der Waals surface area (Å²) in [5.74, 6) is -0.0775.